The molecule has 0 radical (unpaired) electrons. The van der Waals surface area contributed by atoms with Gasteiger partial charge in [0, 0.05) is 0 Å². The molecule has 0 bridgehead atoms. The van der Waals surface area contributed by atoms with Crippen molar-refractivity contribution in [2.45, 2.75) is 69.7 Å². The highest BCUT2D eigenvalue weighted by Gasteiger charge is 2.23. The van der Waals surface area contributed by atoms with Crippen LogP contribution >= 0.6 is 0 Å². The van der Waals surface area contributed by atoms with Gasteiger partial charge in [-0.1, -0.05) is 44.0 Å². The average molecular weight is 319 g/mol. The highest BCUT2D eigenvalue weighted by molar-refractivity contribution is 5.26. The van der Waals surface area contributed by atoms with Gasteiger partial charge in [-0.15, -0.1) is 0 Å². The van der Waals surface area contributed by atoms with Crippen LogP contribution in [0.15, 0.2) is 24.3 Å². The summed E-state index contributed by atoms with van der Waals surface area (Å²) in [5.41, 5.74) is 7.76. The Kier molecular flexibility index (Phi) is 7.07. The zero-order valence-electron chi connectivity index (χ0n) is 14.5. The molecule has 0 heterocycles. The number of aliphatic hydroxyl groups is 2. The zero-order valence-corrected chi connectivity index (χ0v) is 14.5. The Labute approximate surface area is 140 Å². The first-order valence-electron chi connectivity index (χ1n) is 9.19. The van der Waals surface area contributed by atoms with E-state index in [0.29, 0.717) is 6.42 Å². The maximum atomic E-state index is 9.25. The Morgan fingerprint density at radius 3 is 2.17 bits per heavy atom. The normalized spacial score (nSPS) is 22.3. The molecule has 1 fully saturated rings. The minimum absolute atomic E-state index is 0.178. The van der Waals surface area contributed by atoms with Crippen molar-refractivity contribution in [3.63, 3.8) is 0 Å². The van der Waals surface area contributed by atoms with E-state index in [0.717, 1.165) is 18.3 Å². The fraction of sp³-hybridized carbons (Fsp3) is 0.700. The molecule has 1 aliphatic rings. The fourth-order valence-corrected chi connectivity index (χ4v) is 3.75. The lowest BCUT2D eigenvalue weighted by molar-refractivity contribution is 0.115. The third kappa shape index (κ3) is 5.30. The topological polar surface area (TPSA) is 66.5 Å². The number of hydrogen-bond acceptors (Lipinski definition) is 3. The molecule has 4 N–H and O–H groups in total. The molecule has 130 valence electrons. The minimum Gasteiger partial charge on any atom is -0.394 e. The first-order chi connectivity index (χ1) is 11.1. The predicted octanol–water partition coefficient (Wildman–Crippen LogP) is 3.38. The summed E-state index contributed by atoms with van der Waals surface area (Å²) < 4.78 is 0. The summed E-state index contributed by atoms with van der Waals surface area (Å²) in [6.07, 6.45) is 9.50. The first kappa shape index (κ1) is 18.4. The van der Waals surface area contributed by atoms with Gasteiger partial charge in [-0.25, -0.2) is 0 Å². The van der Waals surface area contributed by atoms with Gasteiger partial charge in [-0.2, -0.15) is 0 Å². The van der Waals surface area contributed by atoms with E-state index in [1.165, 1.54) is 49.7 Å². The van der Waals surface area contributed by atoms with E-state index in [2.05, 4.69) is 31.2 Å². The molecule has 0 aromatic heterocycles. The number of aliphatic hydroxyl groups excluding tert-OH is 2. The number of hydrogen-bond donors (Lipinski definition) is 3. The van der Waals surface area contributed by atoms with Crippen LogP contribution in [0.25, 0.3) is 0 Å². The molecule has 2 rings (SSSR count). The third-order valence-electron chi connectivity index (χ3n) is 5.54. The Morgan fingerprint density at radius 2 is 1.65 bits per heavy atom. The molecule has 3 nitrogen and oxygen atoms in total. The van der Waals surface area contributed by atoms with E-state index in [4.69, 9.17) is 5.73 Å². The SMILES string of the molecule is CCCC1CCC(c2ccc(CCC(N)(CO)CO)cc2)CC1. The van der Waals surface area contributed by atoms with Crippen molar-refractivity contribution in [3.05, 3.63) is 35.4 Å². The monoisotopic (exact) mass is 319 g/mol. The lowest BCUT2D eigenvalue weighted by Gasteiger charge is -2.29. The summed E-state index contributed by atoms with van der Waals surface area (Å²) in [6.45, 7) is 1.93. The third-order valence-corrected chi connectivity index (χ3v) is 5.54. The lowest BCUT2D eigenvalue weighted by Crippen LogP contribution is -2.47. The van der Waals surface area contributed by atoms with E-state index in [1.807, 2.05) is 0 Å². The fourth-order valence-electron chi connectivity index (χ4n) is 3.75. The highest BCUT2D eigenvalue weighted by Crippen LogP contribution is 2.37. The van der Waals surface area contributed by atoms with Gasteiger partial charge in [0.15, 0.2) is 0 Å². The van der Waals surface area contributed by atoms with Crippen molar-refractivity contribution in [1.82, 2.24) is 0 Å². The molecular weight excluding hydrogens is 286 g/mol. The standard InChI is InChI=1S/C20H33NO2/c1-2-3-16-4-8-18(9-5-16)19-10-6-17(7-11-19)12-13-20(21,14-22)15-23/h6-7,10-11,16,18,22-23H,2-5,8-9,12-15,21H2,1H3. The zero-order chi connectivity index (χ0) is 16.7. The maximum absolute atomic E-state index is 9.25. The van der Waals surface area contributed by atoms with E-state index in [1.54, 1.807) is 0 Å². The summed E-state index contributed by atoms with van der Waals surface area (Å²) in [5, 5.41) is 18.5. The Balaban J connectivity index is 1.85. The van der Waals surface area contributed by atoms with Crippen LogP contribution in [-0.2, 0) is 6.42 Å². The van der Waals surface area contributed by atoms with Crippen molar-refractivity contribution < 1.29 is 10.2 Å². The van der Waals surface area contributed by atoms with E-state index in [9.17, 15) is 10.2 Å². The summed E-state index contributed by atoms with van der Waals surface area (Å²) >= 11 is 0. The minimum atomic E-state index is -0.865. The van der Waals surface area contributed by atoms with Crippen LogP contribution in [0, 0.1) is 5.92 Å². The molecule has 0 unspecified atom stereocenters. The molecule has 0 saturated heterocycles. The second-order valence-electron chi connectivity index (χ2n) is 7.43. The smallest absolute Gasteiger partial charge is 0.0633 e. The van der Waals surface area contributed by atoms with Gasteiger partial charge in [-0.05, 0) is 61.5 Å². The van der Waals surface area contributed by atoms with E-state index >= 15 is 0 Å². The molecule has 0 aliphatic heterocycles. The molecule has 1 aromatic carbocycles. The molecule has 1 aliphatic carbocycles. The molecule has 0 amide bonds. The Bertz CT molecular complexity index is 445. The number of aryl methyl sites for hydroxylation is 1. The van der Waals surface area contributed by atoms with Crippen molar-refractivity contribution in [2.75, 3.05) is 13.2 Å². The molecule has 1 saturated carbocycles. The largest absolute Gasteiger partial charge is 0.394 e. The summed E-state index contributed by atoms with van der Waals surface area (Å²) in [4.78, 5) is 0. The van der Waals surface area contributed by atoms with Crippen LogP contribution in [0.1, 0.15) is 68.9 Å². The number of benzene rings is 1. The van der Waals surface area contributed by atoms with Crippen LogP contribution in [0.2, 0.25) is 0 Å². The molecular formula is C20H33NO2. The second kappa shape index (κ2) is 8.81. The van der Waals surface area contributed by atoms with Gasteiger partial charge in [0.1, 0.15) is 0 Å². The van der Waals surface area contributed by atoms with Gasteiger partial charge < -0.3 is 15.9 Å². The average Bonchev–Trinajstić information content (AvgIpc) is 2.61. The maximum Gasteiger partial charge on any atom is 0.0633 e. The second-order valence-corrected chi connectivity index (χ2v) is 7.43. The molecule has 1 aromatic rings. The quantitative estimate of drug-likeness (QED) is 0.688. The van der Waals surface area contributed by atoms with Crippen molar-refractivity contribution >= 4 is 0 Å². The first-order valence-corrected chi connectivity index (χ1v) is 9.19. The van der Waals surface area contributed by atoms with Gasteiger partial charge in [0.25, 0.3) is 0 Å². The Morgan fingerprint density at radius 1 is 1.04 bits per heavy atom. The van der Waals surface area contributed by atoms with Crippen LogP contribution in [0.5, 0.6) is 0 Å². The molecule has 3 heteroatoms. The van der Waals surface area contributed by atoms with Crippen LogP contribution in [0.4, 0.5) is 0 Å². The van der Waals surface area contributed by atoms with Crippen molar-refractivity contribution in [3.8, 4) is 0 Å². The molecule has 23 heavy (non-hydrogen) atoms. The lowest BCUT2D eigenvalue weighted by atomic mass is 9.77. The van der Waals surface area contributed by atoms with Crippen LogP contribution < -0.4 is 5.73 Å². The van der Waals surface area contributed by atoms with Gasteiger partial charge in [0.2, 0.25) is 0 Å². The van der Waals surface area contributed by atoms with E-state index < -0.39 is 5.54 Å². The number of nitrogens with two attached hydrogens (primary N) is 1. The van der Waals surface area contributed by atoms with Crippen molar-refractivity contribution in [2.24, 2.45) is 11.7 Å². The van der Waals surface area contributed by atoms with Gasteiger partial charge in [0.05, 0.1) is 18.8 Å². The van der Waals surface area contributed by atoms with E-state index in [-0.39, 0.29) is 13.2 Å². The summed E-state index contributed by atoms with van der Waals surface area (Å²) in [5.74, 6) is 1.67. The number of rotatable bonds is 8. The Hall–Kier alpha value is -0.900. The van der Waals surface area contributed by atoms with Crippen molar-refractivity contribution in [1.29, 1.82) is 0 Å². The summed E-state index contributed by atoms with van der Waals surface area (Å²) in [7, 11) is 0. The predicted molar refractivity (Wildman–Crippen MR) is 95.5 cm³/mol. The van der Waals surface area contributed by atoms with Gasteiger partial charge >= 0.3 is 0 Å². The molecule has 0 spiro atoms. The van der Waals surface area contributed by atoms with Crippen LogP contribution in [-0.4, -0.2) is 29.0 Å². The van der Waals surface area contributed by atoms with Crippen LogP contribution in [0.3, 0.4) is 0 Å². The molecule has 0 atom stereocenters. The van der Waals surface area contributed by atoms with Gasteiger partial charge in [-0.3, -0.25) is 0 Å². The highest BCUT2D eigenvalue weighted by atomic mass is 16.3. The summed E-state index contributed by atoms with van der Waals surface area (Å²) in [6, 6.07) is 8.89.